The van der Waals surface area contributed by atoms with Gasteiger partial charge in [-0.2, -0.15) is 0 Å². The second-order valence-electron chi connectivity index (χ2n) is 6.30. The van der Waals surface area contributed by atoms with Crippen LogP contribution in [-0.4, -0.2) is 41.0 Å². The normalized spacial score (nSPS) is 10.2. The summed E-state index contributed by atoms with van der Waals surface area (Å²) in [5.41, 5.74) is 1.52. The van der Waals surface area contributed by atoms with Crippen molar-refractivity contribution in [3.05, 3.63) is 59.2 Å². The minimum atomic E-state index is -0.557. The van der Waals surface area contributed by atoms with Gasteiger partial charge in [-0.3, -0.25) is 15.4 Å². The maximum atomic E-state index is 12.9. The standard InChI is InChI=1S/C21H22N6O4S/c1-3-22-20(30)26-17-10-15(24-13-8-6-5-7-9-13)14(11-23-17)18(28)27-21-25-16(12-32-21)19(29)31-4-2/h5-12H,3-4H2,1-2H3,(H,25,27,28)(H3,22,23,24,26,30). The molecule has 0 aliphatic carbocycles. The molecule has 4 N–H and O–H groups in total. The number of amides is 3. The summed E-state index contributed by atoms with van der Waals surface area (Å²) in [6, 6.07) is 10.4. The summed E-state index contributed by atoms with van der Waals surface area (Å²) in [6.07, 6.45) is 1.35. The van der Waals surface area contributed by atoms with Gasteiger partial charge in [0.05, 0.1) is 17.9 Å². The van der Waals surface area contributed by atoms with Crippen LogP contribution in [0, 0.1) is 0 Å². The van der Waals surface area contributed by atoms with E-state index in [1.807, 2.05) is 30.3 Å². The van der Waals surface area contributed by atoms with Gasteiger partial charge >= 0.3 is 12.0 Å². The van der Waals surface area contributed by atoms with Gasteiger partial charge in [-0.1, -0.05) is 18.2 Å². The van der Waals surface area contributed by atoms with Crippen LogP contribution in [0.25, 0.3) is 0 Å². The highest BCUT2D eigenvalue weighted by atomic mass is 32.1. The number of carbonyl (C=O) groups excluding carboxylic acids is 3. The first kappa shape index (κ1) is 22.7. The Morgan fingerprint density at radius 3 is 2.59 bits per heavy atom. The minimum absolute atomic E-state index is 0.120. The number of carbonyl (C=O) groups is 3. The first-order valence-electron chi connectivity index (χ1n) is 9.81. The quantitative estimate of drug-likeness (QED) is 0.380. The van der Waals surface area contributed by atoms with Gasteiger partial charge in [-0.15, -0.1) is 11.3 Å². The number of nitrogens with zero attached hydrogens (tertiary/aromatic N) is 2. The Kier molecular flexibility index (Phi) is 7.70. The van der Waals surface area contributed by atoms with Gasteiger partial charge in [0.2, 0.25) is 0 Å². The van der Waals surface area contributed by atoms with Crippen LogP contribution in [0.3, 0.4) is 0 Å². The smallest absolute Gasteiger partial charge is 0.357 e. The lowest BCUT2D eigenvalue weighted by atomic mass is 10.2. The summed E-state index contributed by atoms with van der Waals surface area (Å²) in [5.74, 6) is -0.770. The number of ether oxygens (including phenoxy) is 1. The predicted octanol–water partition coefficient (Wildman–Crippen LogP) is 3.85. The van der Waals surface area contributed by atoms with Gasteiger partial charge in [-0.05, 0) is 26.0 Å². The molecule has 0 spiro atoms. The molecule has 0 aliphatic rings. The van der Waals surface area contributed by atoms with Crippen molar-refractivity contribution in [2.24, 2.45) is 0 Å². The Labute approximate surface area is 188 Å². The van der Waals surface area contributed by atoms with Crippen molar-refractivity contribution in [3.8, 4) is 0 Å². The fourth-order valence-electron chi connectivity index (χ4n) is 2.60. The third kappa shape index (κ3) is 6.01. The van der Waals surface area contributed by atoms with Gasteiger partial charge < -0.3 is 15.4 Å². The zero-order valence-corrected chi connectivity index (χ0v) is 18.3. The number of rotatable bonds is 8. The highest BCUT2D eigenvalue weighted by molar-refractivity contribution is 7.14. The number of para-hydroxylation sites is 1. The summed E-state index contributed by atoms with van der Waals surface area (Å²) in [4.78, 5) is 44.8. The number of hydrogen-bond donors (Lipinski definition) is 4. The lowest BCUT2D eigenvalue weighted by Gasteiger charge is -2.13. The van der Waals surface area contributed by atoms with Crippen molar-refractivity contribution in [1.29, 1.82) is 0 Å². The van der Waals surface area contributed by atoms with Crippen LogP contribution < -0.4 is 21.3 Å². The number of esters is 1. The van der Waals surface area contributed by atoms with E-state index in [9.17, 15) is 14.4 Å². The molecule has 3 amide bonds. The van der Waals surface area contributed by atoms with E-state index in [2.05, 4.69) is 31.2 Å². The number of aromatic nitrogens is 2. The number of urea groups is 1. The summed E-state index contributed by atoms with van der Waals surface area (Å²) in [5, 5.41) is 12.8. The largest absolute Gasteiger partial charge is 0.461 e. The molecule has 3 aromatic rings. The highest BCUT2D eigenvalue weighted by Gasteiger charge is 2.18. The first-order chi connectivity index (χ1) is 15.5. The number of benzene rings is 1. The van der Waals surface area contributed by atoms with Gasteiger partial charge in [0.25, 0.3) is 5.91 Å². The van der Waals surface area contributed by atoms with Crippen molar-refractivity contribution in [2.75, 3.05) is 29.1 Å². The molecule has 2 heterocycles. The van der Waals surface area contributed by atoms with Crippen molar-refractivity contribution >= 4 is 51.6 Å². The Hall–Kier alpha value is -3.99. The lowest BCUT2D eigenvalue weighted by molar-refractivity contribution is 0.0520. The molecule has 0 radical (unpaired) electrons. The van der Waals surface area contributed by atoms with Gasteiger partial charge in [-0.25, -0.2) is 19.6 Å². The molecule has 0 aliphatic heterocycles. The third-order valence-electron chi connectivity index (χ3n) is 3.99. The molecule has 0 unspecified atom stereocenters. The fraction of sp³-hybridized carbons (Fsp3) is 0.190. The summed E-state index contributed by atoms with van der Waals surface area (Å²) >= 11 is 1.10. The monoisotopic (exact) mass is 454 g/mol. The van der Waals surface area contributed by atoms with E-state index in [1.165, 1.54) is 11.6 Å². The number of anilines is 4. The van der Waals surface area contributed by atoms with E-state index >= 15 is 0 Å². The molecule has 0 bridgehead atoms. The van der Waals surface area contributed by atoms with E-state index in [4.69, 9.17) is 4.74 Å². The molecule has 0 fully saturated rings. The SMILES string of the molecule is CCNC(=O)Nc1cc(Nc2ccccc2)c(C(=O)Nc2nc(C(=O)OCC)cs2)cn1. The Morgan fingerprint density at radius 1 is 1.09 bits per heavy atom. The molecule has 11 heteroatoms. The van der Waals surface area contributed by atoms with E-state index in [0.717, 1.165) is 17.0 Å². The molecule has 2 aromatic heterocycles. The van der Waals surface area contributed by atoms with Crippen LogP contribution in [0.2, 0.25) is 0 Å². The maximum absolute atomic E-state index is 12.9. The van der Waals surface area contributed by atoms with Gasteiger partial charge in [0.1, 0.15) is 5.82 Å². The van der Waals surface area contributed by atoms with E-state index in [-0.39, 0.29) is 28.8 Å². The summed E-state index contributed by atoms with van der Waals surface area (Å²) < 4.78 is 4.91. The van der Waals surface area contributed by atoms with Crippen LogP contribution >= 0.6 is 11.3 Å². The number of pyridine rings is 1. The zero-order chi connectivity index (χ0) is 22.9. The van der Waals surface area contributed by atoms with E-state index < -0.39 is 17.9 Å². The second-order valence-corrected chi connectivity index (χ2v) is 7.16. The molecule has 166 valence electrons. The van der Waals surface area contributed by atoms with Gasteiger partial charge in [0.15, 0.2) is 10.8 Å². The molecule has 0 atom stereocenters. The minimum Gasteiger partial charge on any atom is -0.461 e. The third-order valence-corrected chi connectivity index (χ3v) is 4.75. The van der Waals surface area contributed by atoms with Crippen molar-refractivity contribution < 1.29 is 19.1 Å². The molecule has 0 saturated carbocycles. The zero-order valence-electron chi connectivity index (χ0n) is 17.5. The van der Waals surface area contributed by atoms with E-state index in [1.54, 1.807) is 19.9 Å². The fourth-order valence-corrected chi connectivity index (χ4v) is 3.28. The Balaban J connectivity index is 1.84. The Morgan fingerprint density at radius 2 is 1.88 bits per heavy atom. The second kappa shape index (κ2) is 10.9. The van der Waals surface area contributed by atoms with Crippen LogP contribution in [-0.2, 0) is 4.74 Å². The average molecular weight is 455 g/mol. The molecular weight excluding hydrogens is 432 g/mol. The van der Waals surface area contributed by atoms with Crippen LogP contribution in [0.1, 0.15) is 34.7 Å². The molecule has 0 saturated heterocycles. The summed E-state index contributed by atoms with van der Waals surface area (Å²) in [7, 11) is 0. The highest BCUT2D eigenvalue weighted by Crippen LogP contribution is 2.25. The van der Waals surface area contributed by atoms with Crippen LogP contribution in [0.15, 0.2) is 48.0 Å². The molecule has 1 aromatic carbocycles. The number of hydrogen-bond acceptors (Lipinski definition) is 8. The lowest BCUT2D eigenvalue weighted by Crippen LogP contribution is -2.28. The number of thiazole rings is 1. The Bertz CT molecular complexity index is 1100. The van der Waals surface area contributed by atoms with Crippen LogP contribution in [0.4, 0.5) is 27.1 Å². The van der Waals surface area contributed by atoms with E-state index in [0.29, 0.717) is 12.2 Å². The number of nitrogens with one attached hydrogen (secondary N) is 4. The predicted molar refractivity (Wildman–Crippen MR) is 123 cm³/mol. The molecule has 10 nitrogen and oxygen atoms in total. The maximum Gasteiger partial charge on any atom is 0.357 e. The molecular formula is C21H22N6O4S. The van der Waals surface area contributed by atoms with Crippen molar-refractivity contribution in [1.82, 2.24) is 15.3 Å². The average Bonchev–Trinajstić information content (AvgIpc) is 3.23. The van der Waals surface area contributed by atoms with Gasteiger partial charge in [0, 0.05) is 29.9 Å². The summed E-state index contributed by atoms with van der Waals surface area (Å²) in [6.45, 7) is 4.19. The van der Waals surface area contributed by atoms with Crippen molar-refractivity contribution in [2.45, 2.75) is 13.8 Å². The molecule has 32 heavy (non-hydrogen) atoms. The van der Waals surface area contributed by atoms with Crippen LogP contribution in [0.5, 0.6) is 0 Å². The van der Waals surface area contributed by atoms with Crippen molar-refractivity contribution in [3.63, 3.8) is 0 Å². The molecule has 3 rings (SSSR count). The first-order valence-corrected chi connectivity index (χ1v) is 10.7. The topological polar surface area (TPSA) is 134 Å².